The first kappa shape index (κ1) is 15.3. The molecule has 3 nitrogen and oxygen atoms in total. The van der Waals surface area contributed by atoms with Gasteiger partial charge >= 0.3 is 0 Å². The van der Waals surface area contributed by atoms with Crippen LogP contribution in [0.2, 0.25) is 0 Å². The number of rotatable bonds is 2. The van der Waals surface area contributed by atoms with Crippen LogP contribution in [0.5, 0.6) is 5.75 Å². The van der Waals surface area contributed by atoms with Crippen LogP contribution >= 0.6 is 0 Å². The molecule has 4 rings (SSSR count). The minimum absolute atomic E-state index is 0.0857. The van der Waals surface area contributed by atoms with Crippen molar-refractivity contribution in [2.75, 3.05) is 5.73 Å². The molecule has 3 heteroatoms. The molecule has 3 N–H and O–H groups in total. The minimum Gasteiger partial charge on any atom is -0.504 e. The predicted octanol–water partition coefficient (Wildman–Crippen LogP) is 5.67. The van der Waals surface area contributed by atoms with E-state index in [0.29, 0.717) is 11.3 Å². The van der Waals surface area contributed by atoms with E-state index in [-0.39, 0.29) is 11.6 Å². The first-order valence-corrected chi connectivity index (χ1v) is 8.24. The van der Waals surface area contributed by atoms with Gasteiger partial charge in [0.1, 0.15) is 0 Å². The summed E-state index contributed by atoms with van der Waals surface area (Å²) >= 11 is 0. The Kier molecular flexibility index (Phi) is 3.50. The Morgan fingerprint density at radius 2 is 1.52 bits per heavy atom. The van der Waals surface area contributed by atoms with Crippen molar-refractivity contribution in [2.24, 2.45) is 0 Å². The van der Waals surface area contributed by atoms with Crippen molar-refractivity contribution in [2.45, 2.75) is 13.8 Å². The zero-order valence-electron chi connectivity index (χ0n) is 14.2. The monoisotopic (exact) mass is 329 g/mol. The molecular formula is C22H19NO2. The summed E-state index contributed by atoms with van der Waals surface area (Å²) in [5.41, 5.74) is 10.7. The third-order valence-electron chi connectivity index (χ3n) is 4.82. The van der Waals surface area contributed by atoms with Crippen LogP contribution in [0.25, 0.3) is 33.2 Å². The molecule has 3 aromatic carbocycles. The number of aromatic hydroxyl groups is 1. The molecule has 25 heavy (non-hydrogen) atoms. The second kappa shape index (κ2) is 5.71. The number of fused-ring (bicyclic) bond motifs is 1. The Hall–Kier alpha value is -3.20. The third kappa shape index (κ3) is 2.36. The number of nitrogen functional groups attached to an aromatic ring is 1. The van der Waals surface area contributed by atoms with E-state index in [4.69, 9.17) is 10.2 Å². The van der Waals surface area contributed by atoms with Crippen molar-refractivity contribution in [3.05, 3.63) is 71.8 Å². The molecular weight excluding hydrogens is 310 g/mol. The highest BCUT2D eigenvalue weighted by Gasteiger charge is 2.23. The molecule has 0 radical (unpaired) electrons. The van der Waals surface area contributed by atoms with E-state index in [1.165, 1.54) is 0 Å². The molecule has 0 fully saturated rings. The maximum Gasteiger partial charge on any atom is 0.202 e. The van der Waals surface area contributed by atoms with E-state index in [2.05, 4.69) is 0 Å². The van der Waals surface area contributed by atoms with Crippen LogP contribution in [0.3, 0.4) is 0 Å². The summed E-state index contributed by atoms with van der Waals surface area (Å²) in [6.45, 7) is 4.06. The zero-order valence-corrected chi connectivity index (χ0v) is 14.2. The van der Waals surface area contributed by atoms with Crippen LogP contribution < -0.4 is 5.73 Å². The number of aryl methyl sites for hydroxylation is 1. The maximum atomic E-state index is 10.9. The van der Waals surface area contributed by atoms with Crippen LogP contribution in [0.15, 0.2) is 65.1 Å². The first-order valence-electron chi connectivity index (χ1n) is 8.24. The van der Waals surface area contributed by atoms with Gasteiger partial charge in [-0.25, -0.2) is 0 Å². The molecule has 4 aromatic rings. The maximum absolute atomic E-state index is 10.9. The van der Waals surface area contributed by atoms with Crippen LogP contribution in [0, 0.1) is 13.8 Å². The molecule has 0 aliphatic heterocycles. The van der Waals surface area contributed by atoms with Gasteiger partial charge < -0.3 is 15.3 Å². The summed E-state index contributed by atoms with van der Waals surface area (Å²) in [6.07, 6.45) is 0. The van der Waals surface area contributed by atoms with Gasteiger partial charge in [0, 0.05) is 5.56 Å². The summed E-state index contributed by atoms with van der Waals surface area (Å²) in [7, 11) is 0. The topological polar surface area (TPSA) is 59.4 Å². The highest BCUT2D eigenvalue weighted by Crippen LogP contribution is 2.47. The van der Waals surface area contributed by atoms with E-state index < -0.39 is 0 Å². The van der Waals surface area contributed by atoms with Crippen LogP contribution in [0.1, 0.15) is 11.1 Å². The summed E-state index contributed by atoms with van der Waals surface area (Å²) in [5, 5.41) is 13.0. The quantitative estimate of drug-likeness (QED) is 0.498. The lowest BCUT2D eigenvalue weighted by Crippen LogP contribution is -1.90. The van der Waals surface area contributed by atoms with Gasteiger partial charge in [0.05, 0.1) is 5.56 Å². The lowest BCUT2D eigenvalue weighted by molar-refractivity contribution is 0.467. The van der Waals surface area contributed by atoms with E-state index in [0.717, 1.165) is 33.0 Å². The van der Waals surface area contributed by atoms with Gasteiger partial charge in [-0.2, -0.15) is 0 Å². The van der Waals surface area contributed by atoms with Gasteiger partial charge in [-0.15, -0.1) is 0 Å². The second-order valence-corrected chi connectivity index (χ2v) is 6.29. The number of hydrogen-bond donors (Lipinski definition) is 2. The number of nitrogens with two attached hydrogens (primary N) is 1. The molecule has 0 spiro atoms. The fourth-order valence-electron chi connectivity index (χ4n) is 3.33. The Bertz CT molecular complexity index is 1090. The molecule has 0 unspecified atom stereocenters. The highest BCUT2D eigenvalue weighted by atomic mass is 16.4. The molecule has 0 amide bonds. The Morgan fingerprint density at radius 3 is 2.36 bits per heavy atom. The Morgan fingerprint density at radius 1 is 0.840 bits per heavy atom. The minimum atomic E-state index is 0.0857. The Labute approximate surface area is 146 Å². The molecule has 0 saturated heterocycles. The summed E-state index contributed by atoms with van der Waals surface area (Å²) < 4.78 is 5.82. The zero-order chi connectivity index (χ0) is 17.6. The lowest BCUT2D eigenvalue weighted by Gasteiger charge is -2.08. The van der Waals surface area contributed by atoms with Gasteiger partial charge in [-0.1, -0.05) is 60.7 Å². The summed E-state index contributed by atoms with van der Waals surface area (Å²) in [6, 6.07) is 19.9. The van der Waals surface area contributed by atoms with E-state index >= 15 is 0 Å². The van der Waals surface area contributed by atoms with Crippen molar-refractivity contribution >= 4 is 16.7 Å². The highest BCUT2D eigenvalue weighted by molar-refractivity contribution is 5.99. The van der Waals surface area contributed by atoms with Gasteiger partial charge in [-0.05, 0) is 41.3 Å². The van der Waals surface area contributed by atoms with Crippen molar-refractivity contribution in [1.82, 2.24) is 0 Å². The molecule has 0 atom stereocenters. The van der Waals surface area contributed by atoms with Gasteiger partial charge in [-0.3, -0.25) is 0 Å². The van der Waals surface area contributed by atoms with Gasteiger partial charge in [0.2, 0.25) is 5.88 Å². The average Bonchev–Trinajstić information content (AvgIpc) is 2.91. The largest absolute Gasteiger partial charge is 0.504 e. The average molecular weight is 329 g/mol. The lowest BCUT2D eigenvalue weighted by atomic mass is 9.96. The number of furan rings is 1. The fraction of sp³-hybridized carbons (Fsp3) is 0.0909. The van der Waals surface area contributed by atoms with Gasteiger partial charge in [0.25, 0.3) is 0 Å². The molecule has 124 valence electrons. The van der Waals surface area contributed by atoms with E-state index in [1.807, 2.05) is 74.5 Å². The van der Waals surface area contributed by atoms with Crippen LogP contribution in [0.4, 0.5) is 5.88 Å². The SMILES string of the molecule is Cc1cccc(-c2c(N)oc(-c3cccc4ccccc34)c2O)c1C. The van der Waals surface area contributed by atoms with Crippen molar-refractivity contribution in [3.8, 4) is 28.2 Å². The van der Waals surface area contributed by atoms with Crippen LogP contribution in [-0.2, 0) is 0 Å². The summed E-state index contributed by atoms with van der Waals surface area (Å²) in [5.74, 6) is 0.724. The second-order valence-electron chi connectivity index (χ2n) is 6.29. The van der Waals surface area contributed by atoms with Crippen molar-refractivity contribution < 1.29 is 9.52 Å². The number of anilines is 1. The summed E-state index contributed by atoms with van der Waals surface area (Å²) in [4.78, 5) is 0. The number of hydrogen-bond acceptors (Lipinski definition) is 3. The predicted molar refractivity (Wildman–Crippen MR) is 103 cm³/mol. The standard InChI is InChI=1S/C22H19NO2/c1-13-7-5-11-16(14(13)2)19-20(24)21(25-22(19)23)18-12-6-9-15-8-3-4-10-17(15)18/h3-12,24H,23H2,1-2H3. The first-order chi connectivity index (χ1) is 12.1. The van der Waals surface area contributed by atoms with E-state index in [9.17, 15) is 5.11 Å². The normalized spacial score (nSPS) is 11.1. The molecule has 0 aliphatic carbocycles. The molecule has 1 heterocycles. The molecule has 0 bridgehead atoms. The Balaban J connectivity index is 1.98. The third-order valence-corrected chi connectivity index (χ3v) is 4.82. The van der Waals surface area contributed by atoms with Crippen molar-refractivity contribution in [3.63, 3.8) is 0 Å². The number of benzene rings is 3. The van der Waals surface area contributed by atoms with Crippen molar-refractivity contribution in [1.29, 1.82) is 0 Å². The smallest absolute Gasteiger partial charge is 0.202 e. The molecule has 1 aromatic heterocycles. The van der Waals surface area contributed by atoms with E-state index in [1.54, 1.807) is 0 Å². The fourth-order valence-corrected chi connectivity index (χ4v) is 3.33. The van der Waals surface area contributed by atoms with Gasteiger partial charge in [0.15, 0.2) is 11.5 Å². The molecule has 0 aliphatic rings. The van der Waals surface area contributed by atoms with Crippen LogP contribution in [-0.4, -0.2) is 5.11 Å². The molecule has 0 saturated carbocycles.